The number of thiocarbonyl (C=S) groups is 1. The Morgan fingerprint density at radius 3 is 2.35 bits per heavy atom. The van der Waals surface area contributed by atoms with Crippen LogP contribution in [0, 0.1) is 17.8 Å². The van der Waals surface area contributed by atoms with Crippen molar-refractivity contribution >= 4 is 40.3 Å². The maximum atomic E-state index is 12.9. The Morgan fingerprint density at radius 1 is 1.13 bits per heavy atom. The third-order valence-corrected chi connectivity index (χ3v) is 9.16. The van der Waals surface area contributed by atoms with Crippen LogP contribution in [0.5, 0.6) is 0 Å². The average Bonchev–Trinajstić information content (AvgIpc) is 3.29. The van der Waals surface area contributed by atoms with E-state index in [1.807, 2.05) is 29.8 Å². The minimum atomic E-state index is 0.0291. The molecule has 2 heterocycles. The molecule has 0 radical (unpaired) electrons. The molecule has 6 heteroatoms. The van der Waals surface area contributed by atoms with E-state index in [0.29, 0.717) is 10.9 Å². The number of carbonyl (C=O) groups excluding carboxylic acids is 1. The molecule has 4 bridgehead atoms. The number of carbonyl (C=O) groups is 1. The highest BCUT2D eigenvalue weighted by atomic mass is 32.2. The number of benzene rings is 1. The molecule has 5 fully saturated rings. The predicted octanol–water partition coefficient (Wildman–Crippen LogP) is 5.56. The summed E-state index contributed by atoms with van der Waals surface area (Å²) in [7, 11) is 0. The van der Waals surface area contributed by atoms with Crippen LogP contribution >= 0.6 is 24.0 Å². The lowest BCUT2D eigenvalue weighted by Crippen LogP contribution is -2.49. The van der Waals surface area contributed by atoms with Gasteiger partial charge in [-0.2, -0.15) is 5.10 Å². The van der Waals surface area contributed by atoms with Gasteiger partial charge in [0.25, 0.3) is 5.91 Å². The Labute approximate surface area is 193 Å². The predicted molar refractivity (Wildman–Crippen MR) is 129 cm³/mol. The van der Waals surface area contributed by atoms with Crippen LogP contribution in [0.2, 0.25) is 0 Å². The second-order valence-electron chi connectivity index (χ2n) is 9.84. The Bertz CT molecular complexity index is 1050. The van der Waals surface area contributed by atoms with Crippen molar-refractivity contribution in [3.63, 3.8) is 0 Å². The summed E-state index contributed by atoms with van der Waals surface area (Å²) in [6.07, 6.45) is 12.2. The third-order valence-electron chi connectivity index (χ3n) is 7.78. The summed E-state index contributed by atoms with van der Waals surface area (Å²) in [4.78, 5) is 15.3. The first-order valence-electron chi connectivity index (χ1n) is 11.5. The van der Waals surface area contributed by atoms with Crippen molar-refractivity contribution in [1.82, 2.24) is 14.7 Å². The molecule has 5 aliphatic rings. The Kier molecular flexibility index (Phi) is 4.65. The summed E-state index contributed by atoms with van der Waals surface area (Å²) in [6, 6.07) is 10.3. The van der Waals surface area contributed by atoms with Crippen LogP contribution in [0.4, 0.5) is 0 Å². The summed E-state index contributed by atoms with van der Waals surface area (Å²) < 4.78 is 2.67. The smallest absolute Gasteiger partial charge is 0.266 e. The van der Waals surface area contributed by atoms with Crippen LogP contribution in [0.25, 0.3) is 11.8 Å². The molecule has 4 nitrogen and oxygen atoms in total. The molecule has 0 spiro atoms. The van der Waals surface area contributed by atoms with Crippen molar-refractivity contribution in [3.8, 4) is 5.69 Å². The van der Waals surface area contributed by atoms with Gasteiger partial charge in [-0.1, -0.05) is 42.2 Å². The second kappa shape index (κ2) is 7.31. The molecular weight excluding hydrogens is 422 g/mol. The van der Waals surface area contributed by atoms with E-state index in [4.69, 9.17) is 17.3 Å². The third kappa shape index (κ3) is 3.21. The molecule has 4 aliphatic carbocycles. The van der Waals surface area contributed by atoms with Crippen molar-refractivity contribution in [2.24, 2.45) is 17.8 Å². The van der Waals surface area contributed by atoms with Crippen LogP contribution in [-0.2, 0) is 10.2 Å². The quantitative estimate of drug-likeness (QED) is 0.452. The van der Waals surface area contributed by atoms with Gasteiger partial charge in [-0.25, -0.2) is 4.68 Å². The van der Waals surface area contributed by atoms with Gasteiger partial charge in [0, 0.05) is 23.7 Å². The van der Waals surface area contributed by atoms with Crippen LogP contribution < -0.4 is 0 Å². The molecule has 1 amide bonds. The number of rotatable bonds is 4. The molecule has 7 rings (SSSR count). The number of nitrogens with zero attached hydrogens (tertiary/aromatic N) is 3. The molecule has 1 aromatic heterocycles. The van der Waals surface area contributed by atoms with Gasteiger partial charge in [-0.3, -0.25) is 9.69 Å². The van der Waals surface area contributed by atoms with Gasteiger partial charge in [-0.15, -0.1) is 0 Å². The average molecular weight is 450 g/mol. The monoisotopic (exact) mass is 449 g/mol. The number of aromatic nitrogens is 2. The van der Waals surface area contributed by atoms with Gasteiger partial charge >= 0.3 is 0 Å². The number of likely N-dealkylation sites (N-methyl/N-ethyl adjacent to an activating group) is 1. The van der Waals surface area contributed by atoms with Crippen LogP contribution in [0.1, 0.15) is 56.7 Å². The standard InChI is InChI=1S/C25H27N3OS2/c1-2-27-23(29)21(31-24(27)30)11-19-15-28(20-6-4-3-5-7-20)26-22(19)25-12-16-8-17(13-25)10-18(9-16)14-25/h3-7,11,15-18H,2,8-10,12-14H2,1H3. The van der Waals surface area contributed by atoms with E-state index in [1.54, 1.807) is 4.90 Å². The van der Waals surface area contributed by atoms with E-state index >= 15 is 0 Å². The van der Waals surface area contributed by atoms with Gasteiger partial charge in [-0.05, 0) is 81.4 Å². The lowest BCUT2D eigenvalue weighted by atomic mass is 9.48. The molecular formula is C25H27N3OS2. The first kappa shape index (κ1) is 19.7. The number of hydrogen-bond acceptors (Lipinski definition) is 4. The Morgan fingerprint density at radius 2 is 1.77 bits per heavy atom. The van der Waals surface area contributed by atoms with E-state index in [2.05, 4.69) is 24.4 Å². The van der Waals surface area contributed by atoms with Crippen LogP contribution in [0.3, 0.4) is 0 Å². The van der Waals surface area contributed by atoms with E-state index in [-0.39, 0.29) is 11.3 Å². The lowest BCUT2D eigenvalue weighted by Gasteiger charge is -2.56. The molecule has 4 saturated carbocycles. The Hall–Kier alpha value is -1.92. The number of hydrogen-bond donors (Lipinski definition) is 0. The van der Waals surface area contributed by atoms with Crippen molar-refractivity contribution in [3.05, 3.63) is 52.7 Å². The minimum absolute atomic E-state index is 0.0291. The van der Waals surface area contributed by atoms with Crippen molar-refractivity contribution < 1.29 is 4.79 Å². The Balaban J connectivity index is 1.47. The van der Waals surface area contributed by atoms with Gasteiger partial charge in [0.2, 0.25) is 0 Å². The highest BCUT2D eigenvalue weighted by molar-refractivity contribution is 8.26. The van der Waals surface area contributed by atoms with Crippen molar-refractivity contribution in [2.45, 2.75) is 50.9 Å². The summed E-state index contributed by atoms with van der Waals surface area (Å²) in [5, 5.41) is 5.20. The van der Waals surface area contributed by atoms with Gasteiger partial charge in [0.15, 0.2) is 0 Å². The van der Waals surface area contributed by atoms with E-state index < -0.39 is 0 Å². The van der Waals surface area contributed by atoms with Crippen molar-refractivity contribution in [2.75, 3.05) is 6.54 Å². The summed E-state index contributed by atoms with van der Waals surface area (Å²) >= 11 is 6.87. The zero-order valence-electron chi connectivity index (χ0n) is 17.8. The molecule has 0 atom stereocenters. The highest BCUT2D eigenvalue weighted by Gasteiger charge is 2.53. The van der Waals surface area contributed by atoms with Crippen molar-refractivity contribution in [1.29, 1.82) is 0 Å². The molecule has 160 valence electrons. The molecule has 2 aromatic rings. The van der Waals surface area contributed by atoms with E-state index in [0.717, 1.165) is 33.9 Å². The minimum Gasteiger partial charge on any atom is -0.293 e. The van der Waals surface area contributed by atoms with Gasteiger partial charge in [0.1, 0.15) is 4.32 Å². The maximum Gasteiger partial charge on any atom is 0.266 e. The SMILES string of the molecule is CCN1C(=O)C(=Cc2cn(-c3ccccc3)nc2C23CC4CC(CC(C4)C2)C3)SC1=S. The number of para-hydroxylation sites is 1. The van der Waals surface area contributed by atoms with E-state index in [9.17, 15) is 4.79 Å². The van der Waals surface area contributed by atoms with Crippen LogP contribution in [0.15, 0.2) is 41.4 Å². The zero-order chi connectivity index (χ0) is 21.2. The summed E-state index contributed by atoms with van der Waals surface area (Å²) in [5.74, 6) is 2.57. The maximum absolute atomic E-state index is 12.9. The van der Waals surface area contributed by atoms with E-state index in [1.165, 1.54) is 56.0 Å². The van der Waals surface area contributed by atoms with Gasteiger partial charge in [0.05, 0.1) is 16.3 Å². The zero-order valence-corrected chi connectivity index (χ0v) is 19.4. The molecule has 1 aliphatic heterocycles. The lowest BCUT2D eigenvalue weighted by molar-refractivity contribution is -0.121. The molecule has 0 unspecified atom stereocenters. The number of amides is 1. The first-order valence-corrected chi connectivity index (χ1v) is 12.7. The first-order chi connectivity index (χ1) is 15.0. The summed E-state index contributed by atoms with van der Waals surface area (Å²) in [5.41, 5.74) is 3.53. The fourth-order valence-electron chi connectivity index (χ4n) is 6.93. The largest absolute Gasteiger partial charge is 0.293 e. The highest BCUT2D eigenvalue weighted by Crippen LogP contribution is 2.61. The molecule has 31 heavy (non-hydrogen) atoms. The summed E-state index contributed by atoms with van der Waals surface area (Å²) in [6.45, 7) is 2.59. The topological polar surface area (TPSA) is 38.1 Å². The number of thioether (sulfide) groups is 1. The normalized spacial score (nSPS) is 33.1. The molecule has 0 N–H and O–H groups in total. The molecule has 1 aromatic carbocycles. The molecule has 1 saturated heterocycles. The van der Waals surface area contributed by atoms with Crippen LogP contribution in [-0.4, -0.2) is 31.5 Å². The second-order valence-corrected chi connectivity index (χ2v) is 11.5. The van der Waals surface area contributed by atoms with Gasteiger partial charge < -0.3 is 0 Å². The fraction of sp³-hybridized carbons (Fsp3) is 0.480. The fourth-order valence-corrected chi connectivity index (χ4v) is 8.31.